The summed E-state index contributed by atoms with van der Waals surface area (Å²) in [6, 6.07) is 9.39. The number of alkyl halides is 3. The number of hydrogen-bond acceptors (Lipinski definition) is 2. The lowest BCUT2D eigenvalue weighted by Crippen LogP contribution is -2.11. The van der Waals surface area contributed by atoms with E-state index in [2.05, 4.69) is 5.32 Å². The van der Waals surface area contributed by atoms with E-state index in [0.717, 1.165) is 6.07 Å². The molecule has 0 bridgehead atoms. The third-order valence-corrected chi connectivity index (χ3v) is 2.96. The Morgan fingerprint density at radius 3 is 2.43 bits per heavy atom. The molecule has 0 unspecified atom stereocenters. The zero-order valence-electron chi connectivity index (χ0n) is 11.2. The second kappa shape index (κ2) is 6.03. The van der Waals surface area contributed by atoms with Crippen molar-refractivity contribution in [2.45, 2.75) is 12.7 Å². The molecule has 0 saturated carbocycles. The largest absolute Gasteiger partial charge is 0.494 e. The van der Waals surface area contributed by atoms with Crippen molar-refractivity contribution >= 4 is 5.69 Å². The second-order valence-corrected chi connectivity index (χ2v) is 4.36. The molecule has 0 radical (unpaired) electrons. The van der Waals surface area contributed by atoms with Crippen LogP contribution in [0.3, 0.4) is 0 Å². The van der Waals surface area contributed by atoms with Crippen LogP contribution in [0.5, 0.6) is 5.75 Å². The summed E-state index contributed by atoms with van der Waals surface area (Å²) in [5.74, 6) is -0.497. The number of benzene rings is 2. The Morgan fingerprint density at radius 2 is 1.81 bits per heavy atom. The molecule has 0 amide bonds. The molecule has 2 aromatic rings. The number of nitrogens with one attached hydrogen (secondary N) is 1. The molecule has 21 heavy (non-hydrogen) atoms. The van der Waals surface area contributed by atoms with Gasteiger partial charge in [-0.05, 0) is 23.8 Å². The second-order valence-electron chi connectivity index (χ2n) is 4.36. The Bertz CT molecular complexity index is 625. The third kappa shape index (κ3) is 3.65. The van der Waals surface area contributed by atoms with Gasteiger partial charge in [0.05, 0.1) is 12.7 Å². The molecular formula is C15H13F4NO. The molecule has 0 heterocycles. The normalized spacial score (nSPS) is 11.3. The van der Waals surface area contributed by atoms with Gasteiger partial charge in [-0.25, -0.2) is 4.39 Å². The zero-order chi connectivity index (χ0) is 15.5. The molecule has 0 aliphatic heterocycles. The smallest absolute Gasteiger partial charge is 0.416 e. The first kappa shape index (κ1) is 15.2. The quantitative estimate of drug-likeness (QED) is 0.841. The topological polar surface area (TPSA) is 21.3 Å². The first-order valence-corrected chi connectivity index (χ1v) is 6.14. The van der Waals surface area contributed by atoms with Crippen molar-refractivity contribution in [2.75, 3.05) is 12.4 Å². The lowest BCUT2D eigenvalue weighted by atomic mass is 10.1. The number of rotatable bonds is 4. The number of ether oxygens (including phenoxy) is 1. The van der Waals surface area contributed by atoms with E-state index < -0.39 is 17.6 Å². The summed E-state index contributed by atoms with van der Waals surface area (Å²) in [4.78, 5) is 0. The highest BCUT2D eigenvalue weighted by Gasteiger charge is 2.32. The number of methoxy groups -OCH3 is 1. The van der Waals surface area contributed by atoms with Crippen molar-refractivity contribution in [1.29, 1.82) is 0 Å². The fraction of sp³-hybridized carbons (Fsp3) is 0.200. The van der Waals surface area contributed by atoms with Crippen LogP contribution in [-0.2, 0) is 12.7 Å². The standard InChI is InChI=1S/C15H13F4NO/c1-21-14-7-6-11(8-13(14)16)20-9-10-4-2-3-5-12(10)15(17,18)19/h2-8,20H,9H2,1H3. The first-order chi connectivity index (χ1) is 9.91. The van der Waals surface area contributed by atoms with E-state index in [4.69, 9.17) is 4.74 Å². The van der Waals surface area contributed by atoms with Crippen molar-refractivity contribution in [1.82, 2.24) is 0 Å². The first-order valence-electron chi connectivity index (χ1n) is 6.14. The molecule has 6 heteroatoms. The Hall–Kier alpha value is -2.24. The average Bonchev–Trinajstić information content (AvgIpc) is 2.44. The minimum Gasteiger partial charge on any atom is -0.494 e. The lowest BCUT2D eigenvalue weighted by Gasteiger charge is -2.14. The van der Waals surface area contributed by atoms with Gasteiger partial charge >= 0.3 is 6.18 Å². The van der Waals surface area contributed by atoms with Crippen LogP contribution in [0.4, 0.5) is 23.2 Å². The van der Waals surface area contributed by atoms with Crippen molar-refractivity contribution < 1.29 is 22.3 Å². The molecule has 0 spiro atoms. The predicted octanol–water partition coefficient (Wildman–Crippen LogP) is 4.47. The van der Waals surface area contributed by atoms with Gasteiger partial charge in [0.2, 0.25) is 0 Å². The van der Waals surface area contributed by atoms with E-state index in [-0.39, 0.29) is 17.9 Å². The summed E-state index contributed by atoms with van der Waals surface area (Å²) < 4.78 is 56.8. The Balaban J connectivity index is 2.15. The van der Waals surface area contributed by atoms with Crippen LogP contribution in [0.25, 0.3) is 0 Å². The molecule has 2 rings (SSSR count). The van der Waals surface area contributed by atoms with E-state index in [0.29, 0.717) is 5.69 Å². The molecule has 112 valence electrons. The minimum atomic E-state index is -4.41. The van der Waals surface area contributed by atoms with Gasteiger partial charge in [0.1, 0.15) is 0 Å². The van der Waals surface area contributed by atoms with Crippen LogP contribution < -0.4 is 10.1 Å². The van der Waals surface area contributed by atoms with Crippen LogP contribution in [0.2, 0.25) is 0 Å². The van der Waals surface area contributed by atoms with Gasteiger partial charge in [-0.2, -0.15) is 13.2 Å². The molecule has 1 N–H and O–H groups in total. The van der Waals surface area contributed by atoms with E-state index in [1.807, 2.05) is 0 Å². The molecule has 0 aliphatic rings. The van der Waals surface area contributed by atoms with Gasteiger partial charge in [0.25, 0.3) is 0 Å². The van der Waals surface area contributed by atoms with Gasteiger partial charge in [-0.15, -0.1) is 0 Å². The molecule has 2 nitrogen and oxygen atoms in total. The summed E-state index contributed by atoms with van der Waals surface area (Å²) in [5.41, 5.74) is -0.224. The van der Waals surface area contributed by atoms with E-state index in [1.54, 1.807) is 0 Å². The highest BCUT2D eigenvalue weighted by molar-refractivity contribution is 5.48. The van der Waals surface area contributed by atoms with Crippen LogP contribution in [0, 0.1) is 5.82 Å². The Kier molecular flexibility index (Phi) is 4.35. The van der Waals surface area contributed by atoms with Gasteiger partial charge in [-0.1, -0.05) is 18.2 Å². The van der Waals surface area contributed by atoms with E-state index >= 15 is 0 Å². The predicted molar refractivity (Wildman–Crippen MR) is 71.7 cm³/mol. The molecule has 0 aliphatic carbocycles. The van der Waals surface area contributed by atoms with Gasteiger partial charge in [0, 0.05) is 18.3 Å². The monoisotopic (exact) mass is 299 g/mol. The van der Waals surface area contributed by atoms with Crippen molar-refractivity contribution in [3.05, 3.63) is 59.4 Å². The summed E-state index contributed by atoms with van der Waals surface area (Å²) in [6.07, 6.45) is -4.41. The maximum atomic E-state index is 13.5. The fourth-order valence-electron chi connectivity index (χ4n) is 1.92. The maximum absolute atomic E-state index is 13.5. The van der Waals surface area contributed by atoms with Gasteiger partial charge in [0.15, 0.2) is 11.6 Å². The number of hydrogen-bond donors (Lipinski definition) is 1. The lowest BCUT2D eigenvalue weighted by molar-refractivity contribution is -0.138. The van der Waals surface area contributed by atoms with Crippen LogP contribution in [0.15, 0.2) is 42.5 Å². The highest BCUT2D eigenvalue weighted by atomic mass is 19.4. The van der Waals surface area contributed by atoms with Crippen LogP contribution in [-0.4, -0.2) is 7.11 Å². The SMILES string of the molecule is COc1ccc(NCc2ccccc2C(F)(F)F)cc1F. The van der Waals surface area contributed by atoms with Crippen LogP contribution >= 0.6 is 0 Å². The van der Waals surface area contributed by atoms with Crippen molar-refractivity contribution in [3.8, 4) is 5.75 Å². The molecule has 0 saturated heterocycles. The van der Waals surface area contributed by atoms with E-state index in [9.17, 15) is 17.6 Å². The third-order valence-electron chi connectivity index (χ3n) is 2.96. The maximum Gasteiger partial charge on any atom is 0.416 e. The summed E-state index contributed by atoms with van der Waals surface area (Å²) in [6.45, 7) is -0.0541. The molecule has 0 atom stereocenters. The van der Waals surface area contributed by atoms with Crippen molar-refractivity contribution in [3.63, 3.8) is 0 Å². The zero-order valence-corrected chi connectivity index (χ0v) is 11.2. The van der Waals surface area contributed by atoms with Gasteiger partial charge < -0.3 is 10.1 Å². The molecule has 2 aromatic carbocycles. The van der Waals surface area contributed by atoms with Crippen molar-refractivity contribution in [2.24, 2.45) is 0 Å². The molecular weight excluding hydrogens is 286 g/mol. The summed E-state index contributed by atoms with van der Waals surface area (Å²) in [5, 5.41) is 2.77. The molecule has 0 fully saturated rings. The van der Waals surface area contributed by atoms with Crippen LogP contribution in [0.1, 0.15) is 11.1 Å². The minimum absolute atomic E-state index is 0.0541. The Labute approximate surface area is 119 Å². The number of halogens is 4. The average molecular weight is 299 g/mol. The van der Waals surface area contributed by atoms with Gasteiger partial charge in [-0.3, -0.25) is 0 Å². The van der Waals surface area contributed by atoms with E-state index in [1.165, 1.54) is 43.5 Å². The number of anilines is 1. The summed E-state index contributed by atoms with van der Waals surface area (Å²) >= 11 is 0. The highest BCUT2D eigenvalue weighted by Crippen LogP contribution is 2.32. The fourth-order valence-corrected chi connectivity index (χ4v) is 1.92. The Morgan fingerprint density at radius 1 is 1.10 bits per heavy atom. The summed E-state index contributed by atoms with van der Waals surface area (Å²) in [7, 11) is 1.34. The molecule has 0 aromatic heterocycles.